The van der Waals surface area contributed by atoms with Gasteiger partial charge in [-0.15, -0.1) is 0 Å². The number of hydrogen-bond acceptors (Lipinski definition) is 2. The first-order chi connectivity index (χ1) is 9.32. The molecule has 20 heavy (non-hydrogen) atoms. The molecule has 0 aliphatic carbocycles. The molecule has 1 aromatic rings. The summed E-state index contributed by atoms with van der Waals surface area (Å²) in [5, 5.41) is 1.87. The summed E-state index contributed by atoms with van der Waals surface area (Å²) in [6.45, 7) is 2.65. The molecule has 6 heteroatoms. The van der Waals surface area contributed by atoms with E-state index in [0.717, 1.165) is 5.56 Å². The number of amides is 1. The minimum atomic E-state index is -4.80. The van der Waals surface area contributed by atoms with Crippen molar-refractivity contribution in [3.05, 3.63) is 35.9 Å². The summed E-state index contributed by atoms with van der Waals surface area (Å²) >= 11 is 0. The largest absolute Gasteiger partial charge is 0.471 e. The molecule has 3 nitrogen and oxygen atoms in total. The number of halogens is 3. The van der Waals surface area contributed by atoms with Crippen molar-refractivity contribution in [2.45, 2.75) is 25.6 Å². The second-order valence-electron chi connectivity index (χ2n) is 4.67. The normalized spacial score (nSPS) is 13.3. The maximum Gasteiger partial charge on any atom is 0.471 e. The fourth-order valence-corrected chi connectivity index (χ4v) is 1.81. The lowest BCUT2D eigenvalue weighted by atomic mass is 10.1. The van der Waals surface area contributed by atoms with E-state index in [2.05, 4.69) is 0 Å². The van der Waals surface area contributed by atoms with Crippen LogP contribution in [0.4, 0.5) is 13.2 Å². The Morgan fingerprint density at radius 1 is 1.30 bits per heavy atom. The first-order valence-corrected chi connectivity index (χ1v) is 6.42. The van der Waals surface area contributed by atoms with Gasteiger partial charge >= 0.3 is 12.1 Å². The third-order valence-electron chi connectivity index (χ3n) is 3.17. The summed E-state index contributed by atoms with van der Waals surface area (Å²) in [6.07, 6.45) is -4.33. The molecule has 112 valence electrons. The Kier molecular flexibility index (Phi) is 6.01. The smallest absolute Gasteiger partial charge is 0.348 e. The SMILES string of the molecule is C[C@@H](c1ccccc1)N(C)CCCNC(=O)C(F)(F)F. The van der Waals surface area contributed by atoms with Gasteiger partial charge in [0.1, 0.15) is 0 Å². The molecule has 1 atom stereocenters. The minimum absolute atomic E-state index is 0.0180. The Balaban J connectivity index is 2.30. The lowest BCUT2D eigenvalue weighted by Crippen LogP contribution is -2.38. The van der Waals surface area contributed by atoms with Crippen LogP contribution >= 0.6 is 0 Å². The molecule has 0 saturated carbocycles. The van der Waals surface area contributed by atoms with E-state index in [-0.39, 0.29) is 12.6 Å². The quantitative estimate of drug-likeness (QED) is 0.816. The van der Waals surface area contributed by atoms with Gasteiger partial charge in [-0.25, -0.2) is 0 Å². The summed E-state index contributed by atoms with van der Waals surface area (Å²) in [5.74, 6) is -1.88. The van der Waals surface area contributed by atoms with Crippen LogP contribution in [0, 0.1) is 0 Å². The third-order valence-corrected chi connectivity index (χ3v) is 3.17. The van der Waals surface area contributed by atoms with E-state index < -0.39 is 12.1 Å². The Labute approximate surface area is 116 Å². The van der Waals surface area contributed by atoms with Crippen molar-refractivity contribution in [2.24, 2.45) is 0 Å². The third kappa shape index (κ3) is 5.21. The van der Waals surface area contributed by atoms with Crippen LogP contribution in [0.3, 0.4) is 0 Å². The molecule has 1 N–H and O–H groups in total. The van der Waals surface area contributed by atoms with Crippen LogP contribution in [-0.2, 0) is 4.79 Å². The average molecular weight is 288 g/mol. The molecule has 0 aliphatic heterocycles. The summed E-state index contributed by atoms with van der Waals surface area (Å²) in [4.78, 5) is 12.7. The van der Waals surface area contributed by atoms with E-state index in [1.54, 1.807) is 0 Å². The monoisotopic (exact) mass is 288 g/mol. The number of nitrogens with zero attached hydrogens (tertiary/aromatic N) is 1. The van der Waals surface area contributed by atoms with Crippen molar-refractivity contribution in [1.29, 1.82) is 0 Å². The van der Waals surface area contributed by atoms with Gasteiger partial charge in [0, 0.05) is 19.1 Å². The van der Waals surface area contributed by atoms with Crippen molar-refractivity contribution < 1.29 is 18.0 Å². The lowest BCUT2D eigenvalue weighted by Gasteiger charge is -2.25. The van der Waals surface area contributed by atoms with Crippen LogP contribution in [0.5, 0.6) is 0 Å². The zero-order chi connectivity index (χ0) is 15.2. The van der Waals surface area contributed by atoms with Gasteiger partial charge in [0.15, 0.2) is 0 Å². The van der Waals surface area contributed by atoms with Gasteiger partial charge in [0.25, 0.3) is 0 Å². The first kappa shape index (κ1) is 16.5. The van der Waals surface area contributed by atoms with Crippen molar-refractivity contribution in [2.75, 3.05) is 20.1 Å². The molecular weight excluding hydrogens is 269 g/mol. The molecule has 1 aromatic carbocycles. The predicted molar refractivity (Wildman–Crippen MR) is 71.2 cm³/mol. The molecular formula is C14H19F3N2O. The van der Waals surface area contributed by atoms with Crippen molar-refractivity contribution in [1.82, 2.24) is 10.2 Å². The lowest BCUT2D eigenvalue weighted by molar-refractivity contribution is -0.173. The molecule has 0 aromatic heterocycles. The van der Waals surface area contributed by atoms with E-state index >= 15 is 0 Å². The van der Waals surface area contributed by atoms with Crippen LogP contribution in [-0.4, -0.2) is 37.1 Å². The van der Waals surface area contributed by atoms with Gasteiger partial charge in [-0.3, -0.25) is 9.69 Å². The molecule has 0 heterocycles. The highest BCUT2D eigenvalue weighted by molar-refractivity contribution is 5.81. The highest BCUT2D eigenvalue weighted by atomic mass is 19.4. The van der Waals surface area contributed by atoms with E-state index in [1.165, 1.54) is 0 Å². The highest BCUT2D eigenvalue weighted by Gasteiger charge is 2.38. The van der Waals surface area contributed by atoms with Crippen LogP contribution in [0.25, 0.3) is 0 Å². The van der Waals surface area contributed by atoms with Crippen LogP contribution in [0.1, 0.15) is 24.9 Å². The Morgan fingerprint density at radius 3 is 2.45 bits per heavy atom. The molecule has 1 amide bonds. The molecule has 0 radical (unpaired) electrons. The number of alkyl halides is 3. The molecule has 0 spiro atoms. The van der Waals surface area contributed by atoms with Crippen molar-refractivity contribution in [3.8, 4) is 0 Å². The fraction of sp³-hybridized carbons (Fsp3) is 0.500. The highest BCUT2D eigenvalue weighted by Crippen LogP contribution is 2.18. The standard InChI is InChI=1S/C14H19F3N2O/c1-11(12-7-4-3-5-8-12)19(2)10-6-9-18-13(20)14(15,16)17/h3-5,7-8,11H,6,9-10H2,1-2H3,(H,18,20)/t11-/m0/s1. The number of carbonyl (C=O) groups is 1. The summed E-state index contributed by atoms with van der Waals surface area (Å²) in [6, 6.07) is 10.0. The molecule has 0 saturated heterocycles. The van der Waals surface area contributed by atoms with E-state index in [0.29, 0.717) is 13.0 Å². The van der Waals surface area contributed by atoms with Crippen molar-refractivity contribution in [3.63, 3.8) is 0 Å². The van der Waals surface area contributed by atoms with Crippen LogP contribution in [0.15, 0.2) is 30.3 Å². The zero-order valence-electron chi connectivity index (χ0n) is 11.6. The van der Waals surface area contributed by atoms with E-state index in [1.807, 2.05) is 54.5 Å². The van der Waals surface area contributed by atoms with E-state index in [4.69, 9.17) is 0 Å². The second kappa shape index (κ2) is 7.28. The molecule has 0 unspecified atom stereocenters. The van der Waals surface area contributed by atoms with Crippen LogP contribution < -0.4 is 5.32 Å². The number of nitrogens with one attached hydrogen (secondary N) is 1. The molecule has 0 bridgehead atoms. The van der Waals surface area contributed by atoms with Gasteiger partial charge in [0.05, 0.1) is 0 Å². The number of hydrogen-bond donors (Lipinski definition) is 1. The fourth-order valence-electron chi connectivity index (χ4n) is 1.81. The molecule has 0 aliphatic rings. The summed E-state index contributed by atoms with van der Waals surface area (Å²) < 4.78 is 35.9. The molecule has 1 rings (SSSR count). The van der Waals surface area contributed by atoms with Gasteiger partial charge in [-0.05, 0) is 26.0 Å². The first-order valence-electron chi connectivity index (χ1n) is 6.42. The molecule has 0 fully saturated rings. The maximum atomic E-state index is 12.0. The minimum Gasteiger partial charge on any atom is -0.348 e. The maximum absolute atomic E-state index is 12.0. The number of benzene rings is 1. The van der Waals surface area contributed by atoms with Crippen LogP contribution in [0.2, 0.25) is 0 Å². The predicted octanol–water partition coefficient (Wildman–Crippen LogP) is 2.75. The van der Waals surface area contributed by atoms with Gasteiger partial charge in [-0.2, -0.15) is 13.2 Å². The number of rotatable bonds is 6. The second-order valence-corrected chi connectivity index (χ2v) is 4.67. The Morgan fingerprint density at radius 2 is 1.90 bits per heavy atom. The topological polar surface area (TPSA) is 32.3 Å². The van der Waals surface area contributed by atoms with Gasteiger partial charge in [-0.1, -0.05) is 30.3 Å². The summed E-state index contributed by atoms with van der Waals surface area (Å²) in [5.41, 5.74) is 1.15. The van der Waals surface area contributed by atoms with E-state index in [9.17, 15) is 18.0 Å². The summed E-state index contributed by atoms with van der Waals surface area (Å²) in [7, 11) is 1.91. The Hall–Kier alpha value is -1.56. The van der Waals surface area contributed by atoms with Crippen molar-refractivity contribution >= 4 is 5.91 Å². The number of carbonyl (C=O) groups excluding carboxylic acids is 1. The van der Waals surface area contributed by atoms with Gasteiger partial charge < -0.3 is 5.32 Å². The zero-order valence-corrected chi connectivity index (χ0v) is 11.6. The Bertz CT molecular complexity index is 420. The average Bonchev–Trinajstić information content (AvgIpc) is 2.42. The van der Waals surface area contributed by atoms with Gasteiger partial charge in [0.2, 0.25) is 0 Å².